The smallest absolute Gasteiger partial charge is 0.416 e. The van der Waals surface area contributed by atoms with Gasteiger partial charge in [-0.1, -0.05) is 29.8 Å². The largest absolute Gasteiger partial charge is 0.490 e. The van der Waals surface area contributed by atoms with Gasteiger partial charge in [0.15, 0.2) is 11.5 Å². The molecule has 0 spiro atoms. The van der Waals surface area contributed by atoms with Crippen LogP contribution in [0.3, 0.4) is 0 Å². The van der Waals surface area contributed by atoms with Crippen LogP contribution < -0.4 is 14.8 Å². The number of nitro benzene ring substituents is 1. The summed E-state index contributed by atoms with van der Waals surface area (Å²) in [5, 5.41) is 22.8. The highest BCUT2D eigenvalue weighted by Crippen LogP contribution is 2.38. The zero-order chi connectivity index (χ0) is 27.9. The van der Waals surface area contributed by atoms with Crippen molar-refractivity contribution in [2.45, 2.75) is 19.7 Å². The molecule has 12 heteroatoms. The third-order valence-corrected chi connectivity index (χ3v) is 5.24. The number of carbonyl (C=O) groups is 1. The molecule has 0 aliphatic heterocycles. The molecule has 0 aliphatic carbocycles. The van der Waals surface area contributed by atoms with Crippen LogP contribution in [0.25, 0.3) is 6.08 Å². The maximum Gasteiger partial charge on any atom is 0.416 e. The van der Waals surface area contributed by atoms with E-state index in [1.165, 1.54) is 42.5 Å². The van der Waals surface area contributed by atoms with Crippen molar-refractivity contribution in [1.82, 2.24) is 0 Å². The van der Waals surface area contributed by atoms with Crippen molar-refractivity contribution in [3.8, 4) is 17.6 Å². The van der Waals surface area contributed by atoms with Gasteiger partial charge in [-0.05, 0) is 54.5 Å². The van der Waals surface area contributed by atoms with E-state index >= 15 is 0 Å². The molecule has 0 aliphatic rings. The molecule has 0 heterocycles. The van der Waals surface area contributed by atoms with E-state index < -0.39 is 28.1 Å². The number of carbonyl (C=O) groups excluding carboxylic acids is 1. The van der Waals surface area contributed by atoms with Crippen LogP contribution in [0.1, 0.15) is 23.6 Å². The summed E-state index contributed by atoms with van der Waals surface area (Å²) in [7, 11) is 0. The van der Waals surface area contributed by atoms with Crippen molar-refractivity contribution >= 4 is 35.0 Å². The Morgan fingerprint density at radius 1 is 1.16 bits per heavy atom. The molecule has 0 saturated heterocycles. The number of nitrogens with one attached hydrogen (secondary N) is 1. The number of halogens is 4. The van der Waals surface area contributed by atoms with Crippen LogP contribution >= 0.6 is 11.6 Å². The fourth-order valence-corrected chi connectivity index (χ4v) is 3.55. The zero-order valence-corrected chi connectivity index (χ0v) is 20.5. The van der Waals surface area contributed by atoms with Crippen molar-refractivity contribution in [3.05, 3.63) is 98.1 Å². The van der Waals surface area contributed by atoms with Gasteiger partial charge < -0.3 is 14.8 Å². The number of ether oxygens (including phenoxy) is 2. The summed E-state index contributed by atoms with van der Waals surface area (Å²) in [4.78, 5) is 23.1. The summed E-state index contributed by atoms with van der Waals surface area (Å²) in [6.07, 6.45) is -3.40. The number of nitrogens with zero attached hydrogens (tertiary/aromatic N) is 2. The number of hydrogen-bond acceptors (Lipinski definition) is 6. The standard InChI is InChI=1S/C26H19ClF3N3O5/c1-2-37-23-12-17(11-22(27)24(23)38-15-16-5-3-8-21(10-16)33(35)36)9-18(14-31)25(34)32-20-7-4-6-19(13-20)26(28,29)30/h3-13H,2,15H2,1H3,(H,32,34)/b18-9+. The van der Waals surface area contributed by atoms with Gasteiger partial charge in [-0.15, -0.1) is 0 Å². The number of nitro groups is 1. The van der Waals surface area contributed by atoms with Crippen molar-refractivity contribution in [3.63, 3.8) is 0 Å². The molecular weight excluding hydrogens is 527 g/mol. The number of nitriles is 1. The summed E-state index contributed by atoms with van der Waals surface area (Å²) in [6.45, 7) is 1.88. The van der Waals surface area contributed by atoms with Gasteiger partial charge in [0.2, 0.25) is 0 Å². The molecule has 196 valence electrons. The Bertz CT molecular complexity index is 1430. The lowest BCUT2D eigenvalue weighted by atomic mass is 10.1. The van der Waals surface area contributed by atoms with E-state index in [0.717, 1.165) is 18.2 Å². The first-order valence-electron chi connectivity index (χ1n) is 10.9. The van der Waals surface area contributed by atoms with Crippen LogP contribution in [0, 0.1) is 21.4 Å². The number of hydrogen-bond donors (Lipinski definition) is 1. The Kier molecular flexibility index (Phi) is 8.94. The van der Waals surface area contributed by atoms with Crippen molar-refractivity contribution in [2.75, 3.05) is 11.9 Å². The van der Waals surface area contributed by atoms with Crippen LogP contribution in [0.2, 0.25) is 5.02 Å². The second-order valence-electron chi connectivity index (χ2n) is 7.68. The van der Waals surface area contributed by atoms with Crippen LogP contribution in [0.15, 0.2) is 66.2 Å². The first-order valence-corrected chi connectivity index (χ1v) is 11.3. The Balaban J connectivity index is 1.85. The first kappa shape index (κ1) is 28.0. The lowest BCUT2D eigenvalue weighted by Crippen LogP contribution is -2.14. The molecule has 0 radical (unpaired) electrons. The molecule has 0 aromatic heterocycles. The molecule has 0 fully saturated rings. The van der Waals surface area contributed by atoms with Gasteiger partial charge in [-0.3, -0.25) is 14.9 Å². The molecule has 0 unspecified atom stereocenters. The molecule has 3 aromatic carbocycles. The predicted octanol–water partition coefficient (Wildman–Crippen LogP) is 6.79. The summed E-state index contributed by atoms with van der Waals surface area (Å²) in [5.74, 6) is -0.594. The van der Waals surface area contributed by atoms with Crippen molar-refractivity contribution < 1.29 is 32.4 Å². The number of rotatable bonds is 9. The van der Waals surface area contributed by atoms with E-state index in [-0.39, 0.29) is 46.7 Å². The van der Waals surface area contributed by atoms with Crippen molar-refractivity contribution in [2.24, 2.45) is 0 Å². The molecule has 38 heavy (non-hydrogen) atoms. The Morgan fingerprint density at radius 2 is 1.89 bits per heavy atom. The molecule has 0 atom stereocenters. The Morgan fingerprint density at radius 3 is 2.55 bits per heavy atom. The normalized spacial score (nSPS) is 11.4. The SMILES string of the molecule is CCOc1cc(/C=C(\C#N)C(=O)Nc2cccc(C(F)(F)F)c2)cc(Cl)c1OCc1cccc([N+](=O)[O-])c1. The topological polar surface area (TPSA) is 114 Å². The van der Waals surface area contributed by atoms with E-state index in [4.69, 9.17) is 21.1 Å². The maximum absolute atomic E-state index is 13.0. The van der Waals surface area contributed by atoms with E-state index in [1.807, 2.05) is 0 Å². The summed E-state index contributed by atoms with van der Waals surface area (Å²) in [5.41, 5.74) is -0.784. The van der Waals surface area contributed by atoms with Crippen LogP contribution in [-0.2, 0) is 17.6 Å². The number of amides is 1. The van der Waals surface area contributed by atoms with Crippen molar-refractivity contribution in [1.29, 1.82) is 5.26 Å². The summed E-state index contributed by atoms with van der Waals surface area (Å²) < 4.78 is 50.2. The van der Waals surface area contributed by atoms with Gasteiger partial charge in [0.1, 0.15) is 18.2 Å². The number of non-ortho nitro benzene ring substituents is 1. The molecule has 3 aromatic rings. The number of anilines is 1. The monoisotopic (exact) mass is 545 g/mol. The van der Waals surface area contributed by atoms with Gasteiger partial charge in [-0.2, -0.15) is 18.4 Å². The quantitative estimate of drug-likeness (QED) is 0.137. The van der Waals surface area contributed by atoms with Crippen LogP contribution in [0.5, 0.6) is 11.5 Å². The fourth-order valence-electron chi connectivity index (χ4n) is 3.28. The lowest BCUT2D eigenvalue weighted by Gasteiger charge is -2.15. The fraction of sp³-hybridized carbons (Fsp3) is 0.154. The molecular formula is C26H19ClF3N3O5. The van der Waals surface area contributed by atoms with Gasteiger partial charge >= 0.3 is 6.18 Å². The zero-order valence-electron chi connectivity index (χ0n) is 19.7. The van der Waals surface area contributed by atoms with E-state index in [0.29, 0.717) is 5.56 Å². The molecule has 3 rings (SSSR count). The van der Waals surface area contributed by atoms with Crippen LogP contribution in [0.4, 0.5) is 24.5 Å². The molecule has 1 N–H and O–H groups in total. The minimum atomic E-state index is -4.60. The van der Waals surface area contributed by atoms with Gasteiger partial charge in [0.25, 0.3) is 11.6 Å². The molecule has 1 amide bonds. The highest BCUT2D eigenvalue weighted by Gasteiger charge is 2.30. The molecule has 8 nitrogen and oxygen atoms in total. The second-order valence-corrected chi connectivity index (χ2v) is 8.09. The average Bonchev–Trinajstić information content (AvgIpc) is 2.86. The van der Waals surface area contributed by atoms with Gasteiger partial charge in [0, 0.05) is 17.8 Å². The minimum absolute atomic E-state index is 0.0561. The molecule has 0 bridgehead atoms. The number of benzene rings is 3. The van der Waals surface area contributed by atoms with E-state index in [9.17, 15) is 33.3 Å². The lowest BCUT2D eigenvalue weighted by molar-refractivity contribution is -0.384. The Labute approximate surface area is 220 Å². The summed E-state index contributed by atoms with van der Waals surface area (Å²) in [6, 6.07) is 14.5. The number of alkyl halides is 3. The average molecular weight is 546 g/mol. The highest BCUT2D eigenvalue weighted by molar-refractivity contribution is 6.32. The third kappa shape index (κ3) is 7.24. The summed E-state index contributed by atoms with van der Waals surface area (Å²) >= 11 is 6.38. The van der Waals surface area contributed by atoms with E-state index in [2.05, 4.69) is 5.32 Å². The molecule has 0 saturated carbocycles. The Hall–Kier alpha value is -4.56. The maximum atomic E-state index is 13.0. The van der Waals surface area contributed by atoms with E-state index in [1.54, 1.807) is 19.1 Å². The third-order valence-electron chi connectivity index (χ3n) is 4.96. The predicted molar refractivity (Wildman–Crippen MR) is 134 cm³/mol. The first-order chi connectivity index (χ1) is 18.0. The second kappa shape index (κ2) is 12.1. The van der Waals surface area contributed by atoms with Gasteiger partial charge in [-0.25, -0.2) is 0 Å². The van der Waals surface area contributed by atoms with Crippen LogP contribution in [-0.4, -0.2) is 17.4 Å². The minimum Gasteiger partial charge on any atom is -0.490 e. The highest BCUT2D eigenvalue weighted by atomic mass is 35.5. The van der Waals surface area contributed by atoms with Gasteiger partial charge in [0.05, 0.1) is 22.1 Å².